The number of hydrogen-bond acceptors (Lipinski definition) is 3. The molecule has 4 nitrogen and oxygen atoms in total. The molecule has 0 aromatic heterocycles. The van der Waals surface area contributed by atoms with Crippen molar-refractivity contribution < 1.29 is 23.1 Å². The lowest BCUT2D eigenvalue weighted by molar-refractivity contribution is -0.162. The number of amides is 1. The van der Waals surface area contributed by atoms with Crippen LogP contribution in [0.5, 0.6) is 0 Å². The average Bonchev–Trinajstić information content (AvgIpc) is 2.37. The van der Waals surface area contributed by atoms with Crippen LogP contribution in [-0.2, 0) is 4.79 Å². The Kier molecular flexibility index (Phi) is 6.10. The number of hydrogen-bond donors (Lipinski definition) is 2. The molecule has 1 rings (SSSR count). The van der Waals surface area contributed by atoms with Crippen LogP contribution in [0.25, 0.3) is 0 Å². The first kappa shape index (κ1) is 17.4. The first-order chi connectivity index (χ1) is 9.76. The standard InChI is InChI=1S/C13H15F3N2O2S/c14-13(15,16)8-18(6-7-19)12(20)10(11(17)21)9-4-2-1-3-5-9/h1-5,10,19H,6-8H2,(H2,17,21). The molecule has 0 aliphatic rings. The molecule has 116 valence electrons. The summed E-state index contributed by atoms with van der Waals surface area (Å²) in [5.74, 6) is -2.02. The fourth-order valence-corrected chi connectivity index (χ4v) is 2.10. The van der Waals surface area contributed by atoms with Gasteiger partial charge in [0.15, 0.2) is 0 Å². The Balaban J connectivity index is 3.05. The van der Waals surface area contributed by atoms with Crippen molar-refractivity contribution in [3.63, 3.8) is 0 Å². The summed E-state index contributed by atoms with van der Waals surface area (Å²) in [5, 5.41) is 8.85. The van der Waals surface area contributed by atoms with E-state index in [2.05, 4.69) is 0 Å². The molecule has 1 aromatic rings. The second-order valence-corrected chi connectivity index (χ2v) is 4.82. The number of benzene rings is 1. The number of nitrogens with two attached hydrogens (primary N) is 1. The second-order valence-electron chi connectivity index (χ2n) is 4.34. The largest absolute Gasteiger partial charge is 0.406 e. The first-order valence-electron chi connectivity index (χ1n) is 6.07. The van der Waals surface area contributed by atoms with Gasteiger partial charge in [0.25, 0.3) is 0 Å². The highest BCUT2D eigenvalue weighted by Gasteiger charge is 2.36. The van der Waals surface area contributed by atoms with Crippen LogP contribution in [0.4, 0.5) is 13.2 Å². The van der Waals surface area contributed by atoms with Crippen LogP contribution in [-0.4, -0.2) is 46.8 Å². The molecule has 8 heteroatoms. The second kappa shape index (κ2) is 7.37. The highest BCUT2D eigenvalue weighted by atomic mass is 32.1. The number of carbonyl (C=O) groups is 1. The molecular weight excluding hydrogens is 305 g/mol. The Bertz CT molecular complexity index is 494. The zero-order valence-corrected chi connectivity index (χ0v) is 11.8. The van der Waals surface area contributed by atoms with Gasteiger partial charge in [-0.05, 0) is 5.56 Å². The fraction of sp³-hybridized carbons (Fsp3) is 0.385. The van der Waals surface area contributed by atoms with Gasteiger partial charge in [-0.3, -0.25) is 4.79 Å². The Morgan fingerprint density at radius 1 is 1.33 bits per heavy atom. The molecule has 0 fully saturated rings. The van der Waals surface area contributed by atoms with Crippen LogP contribution < -0.4 is 5.73 Å². The van der Waals surface area contributed by atoms with Crippen LogP contribution in [0.3, 0.4) is 0 Å². The van der Waals surface area contributed by atoms with Crippen molar-refractivity contribution in [1.29, 1.82) is 0 Å². The highest BCUT2D eigenvalue weighted by molar-refractivity contribution is 7.80. The molecule has 21 heavy (non-hydrogen) atoms. The number of rotatable bonds is 6. The Morgan fingerprint density at radius 2 is 1.90 bits per heavy atom. The molecule has 0 heterocycles. The molecule has 0 radical (unpaired) electrons. The minimum Gasteiger partial charge on any atom is -0.395 e. The number of halogens is 3. The summed E-state index contributed by atoms with van der Waals surface area (Å²) in [7, 11) is 0. The van der Waals surface area contributed by atoms with E-state index in [-0.39, 0.29) is 4.99 Å². The van der Waals surface area contributed by atoms with Gasteiger partial charge in [-0.25, -0.2) is 0 Å². The summed E-state index contributed by atoms with van der Waals surface area (Å²) in [6, 6.07) is 8.09. The molecular formula is C13H15F3N2O2S. The van der Waals surface area contributed by atoms with Gasteiger partial charge in [-0.1, -0.05) is 42.5 Å². The van der Waals surface area contributed by atoms with Gasteiger partial charge in [0.05, 0.1) is 11.6 Å². The maximum Gasteiger partial charge on any atom is 0.406 e. The molecule has 0 aliphatic heterocycles. The van der Waals surface area contributed by atoms with Gasteiger partial charge in [0.1, 0.15) is 12.5 Å². The predicted octanol–water partition coefficient (Wildman–Crippen LogP) is 1.44. The topological polar surface area (TPSA) is 66.6 Å². The van der Waals surface area contributed by atoms with Crippen molar-refractivity contribution in [2.24, 2.45) is 5.73 Å². The minimum atomic E-state index is -4.57. The number of aliphatic hydroxyl groups is 1. The lowest BCUT2D eigenvalue weighted by atomic mass is 9.97. The molecule has 0 aliphatic carbocycles. The number of nitrogens with zero attached hydrogens (tertiary/aromatic N) is 1. The number of carbonyl (C=O) groups excluding carboxylic acids is 1. The van der Waals surface area contributed by atoms with E-state index in [9.17, 15) is 18.0 Å². The molecule has 0 spiro atoms. The fourth-order valence-electron chi connectivity index (χ4n) is 1.86. The van der Waals surface area contributed by atoms with E-state index in [4.69, 9.17) is 23.1 Å². The highest BCUT2D eigenvalue weighted by Crippen LogP contribution is 2.22. The van der Waals surface area contributed by atoms with E-state index in [1.54, 1.807) is 30.3 Å². The van der Waals surface area contributed by atoms with E-state index in [0.717, 1.165) is 0 Å². The van der Waals surface area contributed by atoms with Crippen LogP contribution >= 0.6 is 12.2 Å². The van der Waals surface area contributed by atoms with Crippen molar-refractivity contribution in [1.82, 2.24) is 4.90 Å². The van der Waals surface area contributed by atoms with E-state index in [1.165, 1.54) is 0 Å². The Labute approximate surface area is 125 Å². The van der Waals surface area contributed by atoms with Crippen molar-refractivity contribution in [2.45, 2.75) is 12.1 Å². The Morgan fingerprint density at radius 3 is 2.33 bits per heavy atom. The van der Waals surface area contributed by atoms with E-state index < -0.39 is 37.7 Å². The lowest BCUT2D eigenvalue weighted by Crippen LogP contribution is -2.45. The quantitative estimate of drug-likeness (QED) is 0.779. The zero-order chi connectivity index (χ0) is 16.0. The molecule has 0 saturated carbocycles. The van der Waals surface area contributed by atoms with Gasteiger partial charge in [0, 0.05) is 6.54 Å². The van der Waals surface area contributed by atoms with Gasteiger partial charge in [-0.15, -0.1) is 0 Å². The smallest absolute Gasteiger partial charge is 0.395 e. The van der Waals surface area contributed by atoms with Crippen molar-refractivity contribution in [3.05, 3.63) is 35.9 Å². The molecule has 3 N–H and O–H groups in total. The third-order valence-corrected chi connectivity index (χ3v) is 2.95. The monoisotopic (exact) mass is 320 g/mol. The van der Waals surface area contributed by atoms with Crippen molar-refractivity contribution in [3.8, 4) is 0 Å². The summed E-state index contributed by atoms with van der Waals surface area (Å²) in [6.07, 6.45) is -4.57. The van der Waals surface area contributed by atoms with E-state index >= 15 is 0 Å². The van der Waals surface area contributed by atoms with E-state index in [1.807, 2.05) is 0 Å². The summed E-state index contributed by atoms with van der Waals surface area (Å²) in [5.41, 5.74) is 5.92. The summed E-state index contributed by atoms with van der Waals surface area (Å²) in [4.78, 5) is 12.6. The van der Waals surface area contributed by atoms with Crippen LogP contribution in [0.2, 0.25) is 0 Å². The maximum absolute atomic E-state index is 12.5. The average molecular weight is 320 g/mol. The van der Waals surface area contributed by atoms with E-state index in [0.29, 0.717) is 10.5 Å². The lowest BCUT2D eigenvalue weighted by Gasteiger charge is -2.27. The first-order valence-corrected chi connectivity index (χ1v) is 6.47. The Hall–Kier alpha value is -1.67. The molecule has 1 unspecified atom stereocenters. The SMILES string of the molecule is NC(=S)C(C(=O)N(CCO)CC(F)(F)F)c1ccccc1. The molecule has 0 bridgehead atoms. The van der Waals surface area contributed by atoms with Gasteiger partial charge in [-0.2, -0.15) is 13.2 Å². The molecule has 0 saturated heterocycles. The summed E-state index contributed by atoms with van der Waals surface area (Å²) >= 11 is 4.81. The maximum atomic E-state index is 12.5. The van der Waals surface area contributed by atoms with Gasteiger partial charge < -0.3 is 15.7 Å². The molecule has 1 aromatic carbocycles. The molecule has 1 atom stereocenters. The third-order valence-electron chi connectivity index (χ3n) is 2.72. The number of alkyl halides is 3. The zero-order valence-electron chi connectivity index (χ0n) is 11.0. The third kappa shape index (κ3) is 5.31. The van der Waals surface area contributed by atoms with Gasteiger partial charge in [0.2, 0.25) is 5.91 Å². The van der Waals surface area contributed by atoms with Crippen LogP contribution in [0, 0.1) is 0 Å². The van der Waals surface area contributed by atoms with Crippen LogP contribution in [0.1, 0.15) is 11.5 Å². The molecule has 1 amide bonds. The van der Waals surface area contributed by atoms with Gasteiger partial charge >= 0.3 is 6.18 Å². The normalized spacial score (nSPS) is 12.8. The summed E-state index contributed by atoms with van der Waals surface area (Å²) < 4.78 is 37.6. The minimum absolute atomic E-state index is 0.212. The number of aliphatic hydroxyl groups excluding tert-OH is 1. The van der Waals surface area contributed by atoms with Crippen LogP contribution in [0.15, 0.2) is 30.3 Å². The number of thiocarbonyl (C=S) groups is 1. The summed E-state index contributed by atoms with van der Waals surface area (Å²) in [6.45, 7) is -2.48. The van der Waals surface area contributed by atoms with Crippen molar-refractivity contribution >= 4 is 23.1 Å². The predicted molar refractivity (Wildman–Crippen MR) is 75.7 cm³/mol. The van der Waals surface area contributed by atoms with Crippen molar-refractivity contribution in [2.75, 3.05) is 19.7 Å².